The molecule has 1 aromatic heterocycles. The highest BCUT2D eigenvalue weighted by Crippen LogP contribution is 2.07. The van der Waals surface area contributed by atoms with Gasteiger partial charge < -0.3 is 0 Å². The Hall–Kier alpha value is -1.08. The SMILES string of the molecule is N#Cc1ncn(I)c1C#N. The summed E-state index contributed by atoms with van der Waals surface area (Å²) in [5.41, 5.74) is 0.472. The molecule has 0 fully saturated rings. The summed E-state index contributed by atoms with van der Waals surface area (Å²) in [7, 11) is 0. The Morgan fingerprint density at radius 1 is 1.50 bits per heavy atom. The van der Waals surface area contributed by atoms with Crippen molar-refractivity contribution in [1.29, 1.82) is 10.5 Å². The van der Waals surface area contributed by atoms with Crippen LogP contribution in [0.3, 0.4) is 0 Å². The van der Waals surface area contributed by atoms with Crippen LogP contribution in [0.2, 0.25) is 0 Å². The molecular weight excluding hydrogens is 243 g/mol. The molecule has 0 spiro atoms. The third-order valence-corrected chi connectivity index (χ3v) is 1.67. The minimum absolute atomic E-state index is 0.178. The minimum atomic E-state index is 0.178. The largest absolute Gasteiger partial charge is 0.261 e. The molecule has 0 atom stereocenters. The Morgan fingerprint density at radius 3 is 2.60 bits per heavy atom. The normalized spacial score (nSPS) is 8.30. The van der Waals surface area contributed by atoms with Crippen molar-refractivity contribution < 1.29 is 0 Å². The van der Waals surface area contributed by atoms with E-state index in [1.807, 2.05) is 35.0 Å². The second-order valence-electron chi connectivity index (χ2n) is 1.48. The molecular formula is C5HIN4. The molecule has 1 heterocycles. The van der Waals surface area contributed by atoms with Crippen LogP contribution in [0.5, 0.6) is 0 Å². The summed E-state index contributed by atoms with van der Waals surface area (Å²) in [5, 5.41) is 16.8. The van der Waals surface area contributed by atoms with Gasteiger partial charge in [-0.15, -0.1) is 0 Å². The zero-order chi connectivity index (χ0) is 7.56. The molecule has 10 heavy (non-hydrogen) atoms. The summed E-state index contributed by atoms with van der Waals surface area (Å²) in [4.78, 5) is 3.68. The Morgan fingerprint density at radius 2 is 2.20 bits per heavy atom. The maximum absolute atomic E-state index is 8.45. The summed E-state index contributed by atoms with van der Waals surface area (Å²) in [6.07, 6.45) is 1.43. The maximum atomic E-state index is 8.45. The molecule has 0 amide bonds. The fourth-order valence-electron chi connectivity index (χ4n) is 0.511. The number of nitriles is 2. The van der Waals surface area contributed by atoms with Gasteiger partial charge in [-0.1, -0.05) is 0 Å². The van der Waals surface area contributed by atoms with Gasteiger partial charge in [-0.2, -0.15) is 10.5 Å². The Balaban J connectivity index is 3.34. The van der Waals surface area contributed by atoms with Crippen LogP contribution in [0.15, 0.2) is 6.33 Å². The molecule has 5 heteroatoms. The van der Waals surface area contributed by atoms with Crippen LogP contribution >= 0.6 is 22.9 Å². The van der Waals surface area contributed by atoms with E-state index in [1.165, 1.54) is 9.11 Å². The quantitative estimate of drug-likeness (QED) is 0.634. The van der Waals surface area contributed by atoms with Crippen LogP contribution in [-0.2, 0) is 0 Å². The lowest BCUT2D eigenvalue weighted by Gasteiger charge is -1.83. The van der Waals surface area contributed by atoms with Crippen LogP contribution < -0.4 is 0 Å². The molecule has 48 valence electrons. The molecule has 0 aromatic carbocycles. The average molecular weight is 244 g/mol. The second-order valence-corrected chi connectivity index (χ2v) is 2.52. The van der Waals surface area contributed by atoms with E-state index in [1.54, 1.807) is 0 Å². The van der Waals surface area contributed by atoms with Crippen molar-refractivity contribution in [3.63, 3.8) is 0 Å². The molecule has 4 nitrogen and oxygen atoms in total. The van der Waals surface area contributed by atoms with Gasteiger partial charge in [0, 0.05) is 0 Å². The van der Waals surface area contributed by atoms with E-state index in [4.69, 9.17) is 10.5 Å². The first kappa shape index (κ1) is 7.03. The van der Waals surface area contributed by atoms with Crippen molar-refractivity contribution in [2.75, 3.05) is 0 Å². The summed E-state index contributed by atoms with van der Waals surface area (Å²) in [6.45, 7) is 0. The number of halogens is 1. The van der Waals surface area contributed by atoms with Crippen LogP contribution in [0.4, 0.5) is 0 Å². The smallest absolute Gasteiger partial charge is 0.177 e. The first-order chi connectivity index (χ1) is 4.79. The van der Waals surface area contributed by atoms with Gasteiger partial charge in [0.1, 0.15) is 18.5 Å². The van der Waals surface area contributed by atoms with Crippen molar-refractivity contribution in [2.24, 2.45) is 0 Å². The highest BCUT2D eigenvalue weighted by Gasteiger charge is 2.06. The maximum Gasteiger partial charge on any atom is 0.177 e. The molecule has 1 rings (SSSR count). The number of imidazole rings is 1. The number of nitrogens with zero attached hydrogens (tertiary/aromatic N) is 4. The molecule has 0 radical (unpaired) electrons. The van der Waals surface area contributed by atoms with Crippen molar-refractivity contribution in [2.45, 2.75) is 0 Å². The first-order valence-corrected chi connectivity index (χ1v) is 3.29. The number of hydrogen-bond acceptors (Lipinski definition) is 3. The standard InChI is InChI=1S/C5HIN4/c6-10-3-9-4(1-7)5(10)2-8/h3H. The van der Waals surface area contributed by atoms with Gasteiger partial charge in [0.15, 0.2) is 11.4 Å². The van der Waals surface area contributed by atoms with E-state index in [-0.39, 0.29) is 5.69 Å². The van der Waals surface area contributed by atoms with E-state index < -0.39 is 0 Å². The third-order valence-electron chi connectivity index (χ3n) is 0.938. The zero-order valence-electron chi connectivity index (χ0n) is 4.74. The monoisotopic (exact) mass is 244 g/mol. The van der Waals surface area contributed by atoms with Crippen LogP contribution in [0.25, 0.3) is 0 Å². The molecule has 1 aromatic rings. The topological polar surface area (TPSA) is 65.4 Å². The predicted octanol–water partition coefficient (Wildman–Crippen LogP) is 0.825. The van der Waals surface area contributed by atoms with Crippen LogP contribution in [0, 0.1) is 22.7 Å². The molecule has 0 saturated heterocycles. The summed E-state index contributed by atoms with van der Waals surface area (Å²) in [6, 6.07) is 3.67. The number of hydrogen-bond donors (Lipinski definition) is 0. The molecule has 0 aliphatic rings. The molecule has 0 unspecified atom stereocenters. The fourth-order valence-corrected chi connectivity index (χ4v) is 0.972. The van der Waals surface area contributed by atoms with E-state index in [2.05, 4.69) is 4.98 Å². The van der Waals surface area contributed by atoms with Gasteiger partial charge in [-0.05, 0) is 0 Å². The lowest BCUT2D eigenvalue weighted by Crippen LogP contribution is -1.83. The first-order valence-electron chi connectivity index (χ1n) is 2.33. The van der Waals surface area contributed by atoms with Crippen LogP contribution in [-0.4, -0.2) is 7.76 Å². The summed E-state index contributed by atoms with van der Waals surface area (Å²) >= 11 is 1.89. The second kappa shape index (κ2) is 2.67. The van der Waals surface area contributed by atoms with E-state index in [9.17, 15) is 0 Å². The van der Waals surface area contributed by atoms with Gasteiger partial charge in [0.05, 0.1) is 22.9 Å². The van der Waals surface area contributed by atoms with Crippen molar-refractivity contribution in [3.05, 3.63) is 17.7 Å². The molecule has 0 aliphatic heterocycles. The van der Waals surface area contributed by atoms with Gasteiger partial charge in [0.25, 0.3) is 0 Å². The highest BCUT2D eigenvalue weighted by atomic mass is 127. The third kappa shape index (κ3) is 0.957. The molecule has 0 N–H and O–H groups in total. The summed E-state index contributed by atoms with van der Waals surface area (Å²) in [5.74, 6) is 0. The Bertz CT molecular complexity index is 326. The molecule has 0 saturated carbocycles. The average Bonchev–Trinajstić information content (AvgIpc) is 2.30. The minimum Gasteiger partial charge on any atom is -0.261 e. The van der Waals surface area contributed by atoms with Gasteiger partial charge >= 0.3 is 0 Å². The lowest BCUT2D eigenvalue weighted by molar-refractivity contribution is 1.26. The van der Waals surface area contributed by atoms with Gasteiger partial charge in [0.2, 0.25) is 0 Å². The molecule has 0 aliphatic carbocycles. The Kier molecular flexibility index (Phi) is 1.88. The van der Waals surface area contributed by atoms with Crippen molar-refractivity contribution >= 4 is 22.9 Å². The van der Waals surface area contributed by atoms with Crippen molar-refractivity contribution in [3.8, 4) is 12.1 Å². The summed E-state index contributed by atoms with van der Waals surface area (Å²) < 4.78 is 1.48. The van der Waals surface area contributed by atoms with Gasteiger partial charge in [-0.3, -0.25) is 2.78 Å². The molecule has 0 bridgehead atoms. The van der Waals surface area contributed by atoms with E-state index >= 15 is 0 Å². The van der Waals surface area contributed by atoms with Crippen molar-refractivity contribution in [1.82, 2.24) is 7.76 Å². The fraction of sp³-hybridized carbons (Fsp3) is 0. The van der Waals surface area contributed by atoms with E-state index in [0.717, 1.165) is 0 Å². The highest BCUT2D eigenvalue weighted by molar-refractivity contribution is 14.1. The Labute approximate surface area is 71.2 Å². The van der Waals surface area contributed by atoms with Crippen LogP contribution in [0.1, 0.15) is 11.4 Å². The lowest BCUT2D eigenvalue weighted by atomic mass is 10.4. The number of aromatic nitrogens is 2. The number of rotatable bonds is 0. The predicted molar refractivity (Wildman–Crippen MR) is 41.1 cm³/mol. The van der Waals surface area contributed by atoms with E-state index in [0.29, 0.717) is 5.69 Å². The van der Waals surface area contributed by atoms with Gasteiger partial charge in [-0.25, -0.2) is 4.98 Å². The zero-order valence-corrected chi connectivity index (χ0v) is 6.90.